The molecule has 0 saturated heterocycles. The highest BCUT2D eigenvalue weighted by molar-refractivity contribution is 6.30. The maximum Gasteiger partial charge on any atom is 0.255 e. The highest BCUT2D eigenvalue weighted by Gasteiger charge is 2.19. The Balaban J connectivity index is 2.23. The average molecular weight is 307 g/mol. The predicted octanol–water partition coefficient (Wildman–Crippen LogP) is 3.61. The molecule has 0 fully saturated rings. The summed E-state index contributed by atoms with van der Waals surface area (Å²) in [6, 6.07) is 10.4. The minimum atomic E-state index is -1.25. The highest BCUT2D eigenvalue weighted by atomic mass is 35.5. The van der Waals surface area contributed by atoms with Gasteiger partial charge in [0.2, 0.25) is 0 Å². The van der Waals surface area contributed by atoms with Crippen molar-refractivity contribution in [3.05, 3.63) is 70.2 Å². The van der Waals surface area contributed by atoms with Gasteiger partial charge in [-0.05, 0) is 29.8 Å². The summed E-state index contributed by atoms with van der Waals surface area (Å²) >= 11 is 5.74. The number of amides is 1. The number of hydrogen-bond acceptors (Lipinski definition) is 2. The first kappa shape index (κ1) is 14.9. The topological polar surface area (TPSA) is 52.9 Å². The van der Waals surface area contributed by atoms with Crippen LogP contribution in [0.1, 0.15) is 22.0 Å². The summed E-state index contributed by atoms with van der Waals surface area (Å²) in [5.41, 5.74) is 0.0382. The van der Waals surface area contributed by atoms with Gasteiger partial charge in [-0.1, -0.05) is 29.8 Å². The number of nitrogens with zero attached hydrogens (tertiary/aromatic N) is 1. The zero-order valence-corrected chi connectivity index (χ0v) is 11.4. The van der Waals surface area contributed by atoms with Gasteiger partial charge in [0.25, 0.3) is 5.91 Å². The average Bonchev–Trinajstić information content (AvgIpc) is 2.48. The summed E-state index contributed by atoms with van der Waals surface area (Å²) in [4.78, 5) is 11.9. The van der Waals surface area contributed by atoms with Crippen molar-refractivity contribution < 1.29 is 13.6 Å². The van der Waals surface area contributed by atoms with E-state index in [1.165, 1.54) is 6.07 Å². The fourth-order valence-electron chi connectivity index (χ4n) is 1.73. The predicted molar refractivity (Wildman–Crippen MR) is 73.6 cm³/mol. The molecule has 0 radical (unpaired) electrons. The van der Waals surface area contributed by atoms with Crippen molar-refractivity contribution in [1.82, 2.24) is 5.32 Å². The van der Waals surface area contributed by atoms with Crippen LogP contribution in [0.3, 0.4) is 0 Å². The first-order chi connectivity index (χ1) is 10.0. The van der Waals surface area contributed by atoms with Crippen molar-refractivity contribution in [3.63, 3.8) is 0 Å². The molecule has 2 rings (SSSR count). The molecule has 0 unspecified atom stereocenters. The van der Waals surface area contributed by atoms with Gasteiger partial charge in [0.05, 0.1) is 11.6 Å². The molecule has 0 saturated carbocycles. The second kappa shape index (κ2) is 6.33. The highest BCUT2D eigenvalue weighted by Crippen LogP contribution is 2.18. The summed E-state index contributed by atoms with van der Waals surface area (Å²) in [5.74, 6) is -3.24. The van der Waals surface area contributed by atoms with Crippen LogP contribution in [0.5, 0.6) is 0 Å². The van der Waals surface area contributed by atoms with Gasteiger partial charge >= 0.3 is 0 Å². The molecule has 1 atom stereocenters. The van der Waals surface area contributed by atoms with Crippen LogP contribution < -0.4 is 5.32 Å². The molecule has 106 valence electrons. The molecule has 21 heavy (non-hydrogen) atoms. The molecule has 0 aliphatic heterocycles. The van der Waals surface area contributed by atoms with E-state index in [0.717, 1.165) is 12.1 Å². The number of nitriles is 1. The molecule has 0 aliphatic rings. The third-order valence-electron chi connectivity index (χ3n) is 2.80. The lowest BCUT2D eigenvalue weighted by atomic mass is 10.1. The molecule has 6 heteroatoms. The molecule has 0 heterocycles. The number of hydrogen-bond donors (Lipinski definition) is 1. The van der Waals surface area contributed by atoms with Crippen LogP contribution in [0, 0.1) is 23.0 Å². The monoisotopic (exact) mass is 306 g/mol. The fraction of sp³-hybridized carbons (Fsp3) is 0.0667. The molecule has 0 bridgehead atoms. The lowest BCUT2D eigenvalue weighted by Crippen LogP contribution is -2.28. The van der Waals surface area contributed by atoms with Crippen LogP contribution in [-0.2, 0) is 0 Å². The van der Waals surface area contributed by atoms with Crippen molar-refractivity contribution in [2.45, 2.75) is 6.04 Å². The second-order valence-electron chi connectivity index (χ2n) is 4.19. The Morgan fingerprint density at radius 3 is 2.48 bits per heavy atom. The molecule has 3 nitrogen and oxygen atoms in total. The molecule has 1 amide bonds. The van der Waals surface area contributed by atoms with Gasteiger partial charge < -0.3 is 5.32 Å². The molecular weight excluding hydrogens is 298 g/mol. The summed E-state index contributed by atoms with van der Waals surface area (Å²) in [6.45, 7) is 0. The number of benzene rings is 2. The van der Waals surface area contributed by atoms with E-state index in [2.05, 4.69) is 5.32 Å². The van der Waals surface area contributed by atoms with Crippen LogP contribution in [-0.4, -0.2) is 5.91 Å². The third kappa shape index (κ3) is 3.36. The lowest BCUT2D eigenvalue weighted by molar-refractivity contribution is 0.0940. The number of carbonyl (C=O) groups is 1. The largest absolute Gasteiger partial charge is 0.332 e. The van der Waals surface area contributed by atoms with E-state index in [-0.39, 0.29) is 0 Å². The Kier molecular flexibility index (Phi) is 4.51. The Morgan fingerprint density at radius 1 is 1.19 bits per heavy atom. The first-order valence-electron chi connectivity index (χ1n) is 5.93. The van der Waals surface area contributed by atoms with Crippen molar-refractivity contribution in [2.24, 2.45) is 0 Å². The van der Waals surface area contributed by atoms with Crippen molar-refractivity contribution >= 4 is 17.5 Å². The van der Waals surface area contributed by atoms with Gasteiger partial charge in [-0.25, -0.2) is 8.78 Å². The summed E-state index contributed by atoms with van der Waals surface area (Å²) in [5, 5.41) is 11.9. The van der Waals surface area contributed by atoms with E-state index in [1.54, 1.807) is 24.3 Å². The molecule has 1 N–H and O–H groups in total. The Bertz CT molecular complexity index is 711. The van der Waals surface area contributed by atoms with E-state index < -0.39 is 29.1 Å². The summed E-state index contributed by atoms with van der Waals surface area (Å²) in [7, 11) is 0. The lowest BCUT2D eigenvalue weighted by Gasteiger charge is -2.12. The van der Waals surface area contributed by atoms with E-state index in [9.17, 15) is 13.6 Å². The zero-order valence-electron chi connectivity index (χ0n) is 10.6. The zero-order chi connectivity index (χ0) is 15.4. The smallest absolute Gasteiger partial charge is 0.255 e. The minimum absolute atomic E-state index is 0.454. The number of halogens is 3. The van der Waals surface area contributed by atoms with Gasteiger partial charge in [-0.2, -0.15) is 5.26 Å². The van der Waals surface area contributed by atoms with Crippen LogP contribution >= 0.6 is 11.6 Å². The minimum Gasteiger partial charge on any atom is -0.332 e. The van der Waals surface area contributed by atoms with E-state index in [0.29, 0.717) is 10.6 Å². The Hall–Kier alpha value is -2.45. The van der Waals surface area contributed by atoms with Gasteiger partial charge in [0.15, 0.2) is 11.6 Å². The van der Waals surface area contributed by atoms with Crippen LogP contribution in [0.2, 0.25) is 5.02 Å². The SMILES string of the molecule is N#C[C@@H](NC(=O)c1cccc(F)c1F)c1ccc(Cl)cc1. The maximum absolute atomic E-state index is 13.5. The van der Waals surface area contributed by atoms with Crippen molar-refractivity contribution in [2.75, 3.05) is 0 Å². The van der Waals surface area contributed by atoms with Gasteiger partial charge in [0, 0.05) is 5.02 Å². The second-order valence-corrected chi connectivity index (χ2v) is 4.62. The van der Waals surface area contributed by atoms with Crippen molar-refractivity contribution in [3.8, 4) is 6.07 Å². The molecule has 0 aromatic heterocycles. The van der Waals surface area contributed by atoms with Gasteiger partial charge in [0.1, 0.15) is 6.04 Å². The van der Waals surface area contributed by atoms with E-state index in [4.69, 9.17) is 16.9 Å². The van der Waals surface area contributed by atoms with E-state index in [1.807, 2.05) is 6.07 Å². The van der Waals surface area contributed by atoms with Crippen LogP contribution in [0.4, 0.5) is 8.78 Å². The number of nitrogens with one attached hydrogen (secondary N) is 1. The third-order valence-corrected chi connectivity index (χ3v) is 3.06. The molecule has 2 aromatic rings. The first-order valence-corrected chi connectivity index (χ1v) is 6.30. The van der Waals surface area contributed by atoms with E-state index >= 15 is 0 Å². The quantitative estimate of drug-likeness (QED) is 0.941. The normalized spacial score (nSPS) is 11.5. The standard InChI is InChI=1S/C15H9ClF2N2O/c16-10-6-4-9(5-7-10)13(8-19)20-15(21)11-2-1-3-12(17)14(11)18/h1-7,13H,(H,20,21)/t13-/m1/s1. The Labute approximate surface area is 124 Å². The molecule has 2 aromatic carbocycles. The molecular formula is C15H9ClF2N2O. The Morgan fingerprint density at radius 2 is 1.86 bits per heavy atom. The number of carbonyl (C=O) groups excluding carboxylic acids is 1. The van der Waals surface area contributed by atoms with Gasteiger partial charge in [-0.3, -0.25) is 4.79 Å². The molecule has 0 spiro atoms. The summed E-state index contributed by atoms with van der Waals surface area (Å²) < 4.78 is 26.6. The summed E-state index contributed by atoms with van der Waals surface area (Å²) in [6.07, 6.45) is 0. The maximum atomic E-state index is 13.5. The van der Waals surface area contributed by atoms with Crippen molar-refractivity contribution in [1.29, 1.82) is 5.26 Å². The van der Waals surface area contributed by atoms with Crippen LogP contribution in [0.25, 0.3) is 0 Å². The fourth-order valence-corrected chi connectivity index (χ4v) is 1.86. The number of rotatable bonds is 3. The van der Waals surface area contributed by atoms with Gasteiger partial charge in [-0.15, -0.1) is 0 Å². The van der Waals surface area contributed by atoms with Crippen LogP contribution in [0.15, 0.2) is 42.5 Å². The molecule has 0 aliphatic carbocycles.